The lowest BCUT2D eigenvalue weighted by Gasteiger charge is -2.10. The number of rotatable bonds is 5. The van der Waals surface area contributed by atoms with Crippen LogP contribution in [0.25, 0.3) is 0 Å². The number of hydrogen-bond donors (Lipinski definition) is 2. The average Bonchev–Trinajstić information content (AvgIpc) is 2.63. The van der Waals surface area contributed by atoms with Gasteiger partial charge in [0, 0.05) is 10.7 Å². The van der Waals surface area contributed by atoms with Crippen molar-refractivity contribution in [2.45, 2.75) is 0 Å². The third-order valence-electron chi connectivity index (χ3n) is 3.47. The predicted octanol–water partition coefficient (Wildman–Crippen LogP) is 4.74. The first-order valence-electron chi connectivity index (χ1n) is 7.59. The molecular formula is C19H16ClN3O2. The average molecular weight is 354 g/mol. The third kappa shape index (κ3) is 4.28. The highest BCUT2D eigenvalue weighted by Gasteiger charge is 2.12. The Bertz CT molecular complexity index is 882. The molecule has 0 aliphatic carbocycles. The van der Waals surface area contributed by atoms with Gasteiger partial charge in [-0.3, -0.25) is 4.79 Å². The molecule has 0 atom stereocenters. The van der Waals surface area contributed by atoms with Crippen molar-refractivity contribution in [2.24, 2.45) is 0 Å². The van der Waals surface area contributed by atoms with Crippen LogP contribution in [0.4, 0.5) is 17.2 Å². The second-order valence-electron chi connectivity index (χ2n) is 5.22. The van der Waals surface area contributed by atoms with Crippen LogP contribution < -0.4 is 15.4 Å². The quantitative estimate of drug-likeness (QED) is 0.695. The summed E-state index contributed by atoms with van der Waals surface area (Å²) in [7, 11) is 1.53. The van der Waals surface area contributed by atoms with Crippen LogP contribution in [0.3, 0.4) is 0 Å². The molecule has 6 heteroatoms. The lowest BCUT2D eigenvalue weighted by Crippen LogP contribution is -2.14. The summed E-state index contributed by atoms with van der Waals surface area (Å²) in [6, 6.07) is 18.0. The number of methoxy groups -OCH3 is 1. The number of hydrogen-bond acceptors (Lipinski definition) is 4. The molecule has 1 aromatic heterocycles. The fraction of sp³-hybridized carbons (Fsp3) is 0.0526. The van der Waals surface area contributed by atoms with Crippen molar-refractivity contribution in [2.75, 3.05) is 17.7 Å². The fourth-order valence-electron chi connectivity index (χ4n) is 2.29. The second kappa shape index (κ2) is 7.68. The van der Waals surface area contributed by atoms with E-state index in [1.54, 1.807) is 30.5 Å². The van der Waals surface area contributed by atoms with E-state index in [0.717, 1.165) is 11.4 Å². The van der Waals surface area contributed by atoms with Gasteiger partial charge in [0.05, 0.1) is 24.6 Å². The Balaban J connectivity index is 1.69. The number of ether oxygens (including phenoxy) is 1. The Labute approximate surface area is 150 Å². The Morgan fingerprint density at radius 3 is 2.60 bits per heavy atom. The zero-order valence-corrected chi connectivity index (χ0v) is 14.2. The molecule has 0 fully saturated rings. The second-order valence-corrected chi connectivity index (χ2v) is 5.66. The molecule has 2 aromatic carbocycles. The maximum atomic E-state index is 12.3. The Morgan fingerprint density at radius 2 is 1.88 bits per heavy atom. The zero-order valence-electron chi connectivity index (χ0n) is 13.5. The first-order valence-corrected chi connectivity index (χ1v) is 7.96. The molecule has 0 aliphatic heterocycles. The van der Waals surface area contributed by atoms with Crippen molar-refractivity contribution < 1.29 is 9.53 Å². The lowest BCUT2D eigenvalue weighted by atomic mass is 10.2. The number of nitrogens with one attached hydrogen (secondary N) is 2. The molecule has 25 heavy (non-hydrogen) atoms. The highest BCUT2D eigenvalue weighted by atomic mass is 35.5. The molecule has 0 aliphatic rings. The van der Waals surface area contributed by atoms with Gasteiger partial charge in [-0.25, -0.2) is 4.98 Å². The van der Waals surface area contributed by atoms with E-state index in [1.165, 1.54) is 7.11 Å². The summed E-state index contributed by atoms with van der Waals surface area (Å²) < 4.78 is 5.20. The molecule has 1 amide bonds. The summed E-state index contributed by atoms with van der Waals surface area (Å²) in [6.45, 7) is 0. The minimum atomic E-state index is -0.277. The molecule has 3 aromatic rings. The Morgan fingerprint density at radius 1 is 1.04 bits per heavy atom. The normalized spacial score (nSPS) is 10.2. The van der Waals surface area contributed by atoms with Gasteiger partial charge in [0.2, 0.25) is 0 Å². The Kier molecular flexibility index (Phi) is 5.16. The monoisotopic (exact) mass is 353 g/mol. The number of pyridine rings is 1. The van der Waals surface area contributed by atoms with Gasteiger partial charge in [-0.2, -0.15) is 0 Å². The maximum absolute atomic E-state index is 12.3. The SMILES string of the molecule is COc1ccccc1C(=O)Nc1ccc(Nc2cccc(Cl)c2)cn1. The van der Waals surface area contributed by atoms with Gasteiger partial charge in [-0.15, -0.1) is 0 Å². The minimum absolute atomic E-state index is 0.277. The number of carbonyl (C=O) groups excluding carboxylic acids is 1. The van der Waals surface area contributed by atoms with Crippen LogP contribution in [-0.4, -0.2) is 18.0 Å². The van der Waals surface area contributed by atoms with Crippen LogP contribution in [-0.2, 0) is 0 Å². The highest BCUT2D eigenvalue weighted by Crippen LogP contribution is 2.21. The number of halogens is 1. The van der Waals surface area contributed by atoms with E-state index in [2.05, 4.69) is 15.6 Å². The minimum Gasteiger partial charge on any atom is -0.496 e. The van der Waals surface area contributed by atoms with Gasteiger partial charge in [-0.1, -0.05) is 29.8 Å². The van der Waals surface area contributed by atoms with Crippen LogP contribution in [0.15, 0.2) is 66.9 Å². The summed E-state index contributed by atoms with van der Waals surface area (Å²) in [4.78, 5) is 16.6. The van der Waals surface area contributed by atoms with Crippen LogP contribution in [0.2, 0.25) is 5.02 Å². The predicted molar refractivity (Wildman–Crippen MR) is 99.9 cm³/mol. The number of benzene rings is 2. The van der Waals surface area contributed by atoms with Crippen molar-refractivity contribution in [3.05, 3.63) is 77.4 Å². The van der Waals surface area contributed by atoms with Crippen molar-refractivity contribution in [1.82, 2.24) is 4.98 Å². The largest absolute Gasteiger partial charge is 0.496 e. The van der Waals surface area contributed by atoms with Gasteiger partial charge < -0.3 is 15.4 Å². The van der Waals surface area contributed by atoms with E-state index in [0.29, 0.717) is 22.2 Å². The third-order valence-corrected chi connectivity index (χ3v) is 3.71. The standard InChI is InChI=1S/C19H16ClN3O2/c1-25-17-8-3-2-7-16(17)19(24)23-18-10-9-15(12-21-18)22-14-6-4-5-13(20)11-14/h2-12,22H,1H3,(H,21,23,24). The fourth-order valence-corrected chi connectivity index (χ4v) is 2.48. The summed E-state index contributed by atoms with van der Waals surface area (Å²) in [5.74, 6) is 0.687. The first kappa shape index (κ1) is 16.8. The van der Waals surface area contributed by atoms with Crippen molar-refractivity contribution in [3.8, 4) is 5.75 Å². The van der Waals surface area contributed by atoms with Crippen LogP contribution in [0.5, 0.6) is 5.75 Å². The number of amides is 1. The molecule has 0 bridgehead atoms. The van der Waals surface area contributed by atoms with Gasteiger partial charge in [0.15, 0.2) is 0 Å². The molecule has 0 saturated carbocycles. The molecule has 126 valence electrons. The Hall–Kier alpha value is -3.05. The molecular weight excluding hydrogens is 338 g/mol. The number of para-hydroxylation sites is 1. The topological polar surface area (TPSA) is 63.2 Å². The molecule has 1 heterocycles. The smallest absolute Gasteiger partial charge is 0.260 e. The molecule has 3 rings (SSSR count). The van der Waals surface area contributed by atoms with Gasteiger partial charge >= 0.3 is 0 Å². The van der Waals surface area contributed by atoms with Gasteiger partial charge in [0.25, 0.3) is 5.91 Å². The van der Waals surface area contributed by atoms with Crippen molar-refractivity contribution in [1.29, 1.82) is 0 Å². The van der Waals surface area contributed by atoms with E-state index >= 15 is 0 Å². The maximum Gasteiger partial charge on any atom is 0.260 e. The van der Waals surface area contributed by atoms with E-state index in [1.807, 2.05) is 36.4 Å². The summed E-state index contributed by atoms with van der Waals surface area (Å²) in [5.41, 5.74) is 2.10. The van der Waals surface area contributed by atoms with E-state index < -0.39 is 0 Å². The highest BCUT2D eigenvalue weighted by molar-refractivity contribution is 6.30. The van der Waals surface area contributed by atoms with Crippen molar-refractivity contribution in [3.63, 3.8) is 0 Å². The molecule has 0 spiro atoms. The summed E-state index contributed by atoms with van der Waals surface area (Å²) >= 11 is 5.96. The molecule has 0 unspecified atom stereocenters. The van der Waals surface area contributed by atoms with Crippen LogP contribution >= 0.6 is 11.6 Å². The van der Waals surface area contributed by atoms with E-state index in [9.17, 15) is 4.79 Å². The number of nitrogens with zero attached hydrogens (tertiary/aromatic N) is 1. The molecule has 0 radical (unpaired) electrons. The number of aromatic nitrogens is 1. The molecule has 2 N–H and O–H groups in total. The van der Waals surface area contributed by atoms with Crippen LogP contribution in [0, 0.1) is 0 Å². The van der Waals surface area contributed by atoms with Crippen LogP contribution in [0.1, 0.15) is 10.4 Å². The lowest BCUT2D eigenvalue weighted by molar-refractivity contribution is 0.102. The van der Waals surface area contributed by atoms with Gasteiger partial charge in [-0.05, 0) is 42.5 Å². The van der Waals surface area contributed by atoms with E-state index in [-0.39, 0.29) is 5.91 Å². The summed E-state index contributed by atoms with van der Waals surface area (Å²) in [5, 5.41) is 6.60. The number of carbonyl (C=O) groups is 1. The zero-order chi connectivity index (χ0) is 17.6. The molecule has 0 saturated heterocycles. The van der Waals surface area contributed by atoms with Gasteiger partial charge in [0.1, 0.15) is 11.6 Å². The van der Waals surface area contributed by atoms with Crippen molar-refractivity contribution >= 4 is 34.7 Å². The van der Waals surface area contributed by atoms with E-state index in [4.69, 9.17) is 16.3 Å². The molecule has 5 nitrogen and oxygen atoms in total. The number of anilines is 3. The summed E-state index contributed by atoms with van der Waals surface area (Å²) in [6.07, 6.45) is 1.64. The first-order chi connectivity index (χ1) is 12.2.